The number of benzene rings is 2. The van der Waals surface area contributed by atoms with Crippen molar-refractivity contribution in [3.63, 3.8) is 0 Å². The molecule has 23 heavy (non-hydrogen) atoms. The summed E-state index contributed by atoms with van der Waals surface area (Å²) in [4.78, 5) is 9.44. The Labute approximate surface area is 134 Å². The van der Waals surface area contributed by atoms with E-state index < -0.39 is 0 Å². The van der Waals surface area contributed by atoms with Gasteiger partial charge in [-0.3, -0.25) is 9.39 Å². The van der Waals surface area contributed by atoms with Crippen LogP contribution in [0.3, 0.4) is 0 Å². The molecule has 0 aliphatic heterocycles. The lowest BCUT2D eigenvalue weighted by molar-refractivity contribution is 1.28. The Morgan fingerprint density at radius 3 is 2.74 bits per heavy atom. The highest BCUT2D eigenvalue weighted by molar-refractivity contribution is 6.03. The van der Waals surface area contributed by atoms with Crippen molar-refractivity contribution in [3.05, 3.63) is 60.2 Å². The molecule has 0 aliphatic rings. The van der Waals surface area contributed by atoms with Crippen molar-refractivity contribution in [2.45, 2.75) is 13.8 Å². The maximum Gasteiger partial charge on any atom is 0.147 e. The van der Waals surface area contributed by atoms with Gasteiger partial charge in [-0.25, -0.2) is 4.98 Å². The number of pyridine rings is 1. The maximum atomic E-state index is 4.82. The summed E-state index contributed by atoms with van der Waals surface area (Å²) in [6.45, 7) is 8.03. The van der Waals surface area contributed by atoms with Crippen molar-refractivity contribution in [1.82, 2.24) is 9.38 Å². The Bertz CT molecular complexity index is 1100. The number of hydrogen-bond donors (Lipinski definition) is 0. The average Bonchev–Trinajstić information content (AvgIpc) is 2.94. The van der Waals surface area contributed by atoms with E-state index in [1.54, 1.807) is 0 Å². The van der Waals surface area contributed by atoms with Crippen molar-refractivity contribution in [3.8, 4) is 0 Å². The molecule has 2 aromatic carbocycles. The third-order valence-corrected chi connectivity index (χ3v) is 4.17. The fourth-order valence-corrected chi connectivity index (χ4v) is 3.19. The zero-order valence-electron chi connectivity index (χ0n) is 13.2. The van der Waals surface area contributed by atoms with E-state index in [0.717, 1.165) is 38.8 Å². The molecular formula is C20H17N3. The number of aliphatic imine (C=N–C) groups is 1. The average molecular weight is 299 g/mol. The fraction of sp³-hybridized carbons (Fsp3) is 0.100. The molecule has 2 heterocycles. The molecule has 112 valence electrons. The molecule has 0 bridgehead atoms. The Balaban J connectivity index is 2.38. The Morgan fingerprint density at radius 1 is 1.13 bits per heavy atom. The third-order valence-electron chi connectivity index (χ3n) is 4.17. The van der Waals surface area contributed by atoms with Crippen molar-refractivity contribution >= 4 is 45.6 Å². The van der Waals surface area contributed by atoms with Crippen LogP contribution in [0, 0.1) is 6.92 Å². The molecule has 0 radical (unpaired) electrons. The van der Waals surface area contributed by atoms with Crippen molar-refractivity contribution < 1.29 is 0 Å². The zero-order chi connectivity index (χ0) is 16.0. The van der Waals surface area contributed by atoms with Crippen LogP contribution in [0.4, 0.5) is 5.69 Å². The number of aryl methyl sites for hydroxylation is 1. The molecule has 0 N–H and O–H groups in total. The molecule has 0 amide bonds. The molecule has 0 saturated carbocycles. The van der Waals surface area contributed by atoms with Gasteiger partial charge in [0, 0.05) is 17.2 Å². The molecule has 2 aromatic heterocycles. The number of fused-ring (bicyclic) bond motifs is 5. The minimum Gasteiger partial charge on any atom is -0.292 e. The molecule has 0 fully saturated rings. The van der Waals surface area contributed by atoms with E-state index in [1.807, 2.05) is 37.4 Å². The van der Waals surface area contributed by atoms with Gasteiger partial charge in [0.1, 0.15) is 5.65 Å². The molecule has 3 nitrogen and oxygen atoms in total. The highest BCUT2D eigenvalue weighted by Crippen LogP contribution is 2.36. The van der Waals surface area contributed by atoms with Gasteiger partial charge in [0.2, 0.25) is 0 Å². The molecular weight excluding hydrogens is 282 g/mol. The van der Waals surface area contributed by atoms with E-state index in [-0.39, 0.29) is 0 Å². The molecule has 0 aliphatic carbocycles. The van der Waals surface area contributed by atoms with Crippen LogP contribution < -0.4 is 0 Å². The van der Waals surface area contributed by atoms with Gasteiger partial charge in [0.05, 0.1) is 22.2 Å². The number of imidazole rings is 1. The Hall–Kier alpha value is -2.94. The minimum atomic E-state index is 0.901. The van der Waals surface area contributed by atoms with E-state index >= 15 is 0 Å². The molecule has 3 heteroatoms. The van der Waals surface area contributed by atoms with Crippen LogP contribution in [0.25, 0.3) is 33.7 Å². The number of hydrogen-bond acceptors (Lipinski definition) is 2. The van der Waals surface area contributed by atoms with Gasteiger partial charge < -0.3 is 0 Å². The minimum absolute atomic E-state index is 0.901. The summed E-state index contributed by atoms with van der Waals surface area (Å²) in [5, 5.41) is 1.12. The second-order valence-corrected chi connectivity index (χ2v) is 5.63. The van der Waals surface area contributed by atoms with E-state index in [2.05, 4.69) is 47.2 Å². The lowest BCUT2D eigenvalue weighted by Gasteiger charge is -2.11. The highest BCUT2D eigenvalue weighted by atomic mass is 15.0. The number of aromatic nitrogens is 2. The lowest BCUT2D eigenvalue weighted by atomic mass is 10.1. The largest absolute Gasteiger partial charge is 0.292 e. The van der Waals surface area contributed by atoms with Gasteiger partial charge in [-0.2, -0.15) is 0 Å². The van der Waals surface area contributed by atoms with Gasteiger partial charge in [-0.15, -0.1) is 0 Å². The van der Waals surface area contributed by atoms with E-state index in [0.29, 0.717) is 0 Å². The highest BCUT2D eigenvalue weighted by Gasteiger charge is 2.16. The van der Waals surface area contributed by atoms with Crippen LogP contribution in [-0.2, 0) is 0 Å². The molecule has 0 spiro atoms. The smallest absolute Gasteiger partial charge is 0.147 e. The van der Waals surface area contributed by atoms with Crippen LogP contribution >= 0.6 is 0 Å². The first kappa shape index (κ1) is 13.7. The topological polar surface area (TPSA) is 29.7 Å². The van der Waals surface area contributed by atoms with E-state index in [9.17, 15) is 0 Å². The zero-order valence-corrected chi connectivity index (χ0v) is 13.2. The number of para-hydroxylation sites is 2. The van der Waals surface area contributed by atoms with Gasteiger partial charge >= 0.3 is 0 Å². The van der Waals surface area contributed by atoms with Crippen LogP contribution in [0.5, 0.6) is 0 Å². The summed E-state index contributed by atoms with van der Waals surface area (Å²) >= 11 is 0. The predicted molar refractivity (Wildman–Crippen MR) is 98.9 cm³/mol. The van der Waals surface area contributed by atoms with Gasteiger partial charge in [0.25, 0.3) is 0 Å². The SMILES string of the molecule is C=Cc1c(N=CC)c2cc(C)ccc2n2c1nc1ccccc12. The monoisotopic (exact) mass is 299 g/mol. The number of rotatable bonds is 2. The second-order valence-electron chi connectivity index (χ2n) is 5.63. The second kappa shape index (κ2) is 5.06. The summed E-state index contributed by atoms with van der Waals surface area (Å²) in [6, 6.07) is 14.7. The Kier molecular flexibility index (Phi) is 3.01. The predicted octanol–water partition coefficient (Wildman–Crippen LogP) is 5.31. The fourth-order valence-electron chi connectivity index (χ4n) is 3.19. The van der Waals surface area contributed by atoms with E-state index in [4.69, 9.17) is 4.98 Å². The standard InChI is InChI=1S/C20H17N3/c1-4-14-19(21-5-2)15-12-13(3)10-11-17(15)23-18-9-7-6-8-16(18)22-20(14)23/h4-12H,1H2,2-3H3. The molecule has 0 unspecified atom stereocenters. The van der Waals surface area contributed by atoms with Gasteiger partial charge in [-0.05, 0) is 38.1 Å². The number of nitrogens with zero attached hydrogens (tertiary/aromatic N) is 3. The molecule has 4 rings (SSSR count). The first-order chi connectivity index (χ1) is 11.2. The van der Waals surface area contributed by atoms with Crippen LogP contribution in [0.15, 0.2) is 54.0 Å². The molecule has 0 atom stereocenters. The normalized spacial score (nSPS) is 11.9. The van der Waals surface area contributed by atoms with Crippen LogP contribution in [-0.4, -0.2) is 15.6 Å². The first-order valence-electron chi connectivity index (χ1n) is 7.69. The molecule has 0 saturated heterocycles. The summed E-state index contributed by atoms with van der Waals surface area (Å²) < 4.78 is 2.20. The third kappa shape index (κ3) is 1.90. The summed E-state index contributed by atoms with van der Waals surface area (Å²) in [7, 11) is 0. The van der Waals surface area contributed by atoms with Gasteiger partial charge in [0.15, 0.2) is 0 Å². The maximum absolute atomic E-state index is 4.82. The summed E-state index contributed by atoms with van der Waals surface area (Å²) in [5.41, 5.74) is 7.22. The van der Waals surface area contributed by atoms with Crippen molar-refractivity contribution in [1.29, 1.82) is 0 Å². The molecule has 4 aromatic rings. The van der Waals surface area contributed by atoms with Crippen molar-refractivity contribution in [2.75, 3.05) is 0 Å². The van der Waals surface area contributed by atoms with Gasteiger partial charge in [-0.1, -0.05) is 36.4 Å². The quantitative estimate of drug-likeness (QED) is 0.461. The van der Waals surface area contributed by atoms with Crippen molar-refractivity contribution in [2.24, 2.45) is 4.99 Å². The lowest BCUT2D eigenvalue weighted by Crippen LogP contribution is -1.94. The van der Waals surface area contributed by atoms with Crippen LogP contribution in [0.2, 0.25) is 0 Å². The first-order valence-corrected chi connectivity index (χ1v) is 7.69. The summed E-state index contributed by atoms with van der Waals surface area (Å²) in [6.07, 6.45) is 3.68. The Morgan fingerprint density at radius 2 is 1.96 bits per heavy atom. The van der Waals surface area contributed by atoms with E-state index in [1.165, 1.54) is 5.56 Å². The van der Waals surface area contributed by atoms with Crippen LogP contribution in [0.1, 0.15) is 18.1 Å². The summed E-state index contributed by atoms with van der Waals surface area (Å²) in [5.74, 6) is 0.